The zero-order valence-electron chi connectivity index (χ0n) is 10.6. The highest BCUT2D eigenvalue weighted by Crippen LogP contribution is 2.13. The van der Waals surface area contributed by atoms with Crippen LogP contribution in [0.2, 0.25) is 0 Å². The molecule has 0 rings (SSSR count). The van der Waals surface area contributed by atoms with E-state index in [2.05, 4.69) is 0 Å². The average molecular weight is 258 g/mol. The lowest BCUT2D eigenvalue weighted by molar-refractivity contribution is -0.145. The fourth-order valence-corrected chi connectivity index (χ4v) is 2.22. The first-order chi connectivity index (χ1) is 8.13. The molecule has 0 aromatic heterocycles. The van der Waals surface area contributed by atoms with Crippen molar-refractivity contribution in [3.05, 3.63) is 12.2 Å². The van der Waals surface area contributed by atoms with E-state index >= 15 is 0 Å². The molecular weight excluding hydrogens is 236 g/mol. The number of carbonyl (C=O) groups excluding carboxylic acids is 1. The molecule has 4 heteroatoms. The van der Waals surface area contributed by atoms with Crippen LogP contribution < -0.4 is 0 Å². The maximum atomic E-state index is 11.7. The lowest BCUT2D eigenvalue weighted by Gasteiger charge is -2.09. The Kier molecular flexibility index (Phi) is 9.92. The monoisotopic (exact) mass is 258 g/mol. The summed E-state index contributed by atoms with van der Waals surface area (Å²) in [5.74, 6) is -0.741. The van der Waals surface area contributed by atoms with Gasteiger partial charge >= 0.3 is 5.97 Å². The van der Waals surface area contributed by atoms with Crippen LogP contribution in [-0.2, 0) is 9.59 Å². The third kappa shape index (κ3) is 8.02. The molecule has 98 valence electrons. The normalized spacial score (nSPS) is 12.8. The van der Waals surface area contributed by atoms with Crippen molar-refractivity contribution in [1.29, 1.82) is 0 Å². The summed E-state index contributed by atoms with van der Waals surface area (Å²) in [7, 11) is 0. The molecule has 3 nitrogen and oxygen atoms in total. The van der Waals surface area contributed by atoms with Gasteiger partial charge < -0.3 is 5.11 Å². The minimum Gasteiger partial charge on any atom is -0.481 e. The van der Waals surface area contributed by atoms with E-state index in [1.165, 1.54) is 11.8 Å². The Hall–Kier alpha value is -0.770. The first-order valence-electron chi connectivity index (χ1n) is 6.11. The number of carboxylic acids is 1. The largest absolute Gasteiger partial charge is 0.481 e. The van der Waals surface area contributed by atoms with Crippen LogP contribution in [0.4, 0.5) is 0 Å². The predicted octanol–water partition coefficient (Wildman–Crippen LogP) is 3.15. The molecule has 1 unspecified atom stereocenters. The molecule has 0 spiro atoms. The average Bonchev–Trinajstić information content (AvgIpc) is 2.28. The number of allylic oxidation sites excluding steroid dienone is 2. The third-order valence-corrected chi connectivity index (χ3v) is 3.49. The van der Waals surface area contributed by atoms with Gasteiger partial charge in [-0.2, -0.15) is 11.8 Å². The van der Waals surface area contributed by atoms with Gasteiger partial charge in [0.1, 0.15) is 5.92 Å². The molecule has 0 saturated carbocycles. The van der Waals surface area contributed by atoms with Crippen molar-refractivity contribution >= 4 is 23.5 Å². The zero-order chi connectivity index (χ0) is 13.1. The van der Waals surface area contributed by atoms with Crippen molar-refractivity contribution in [2.75, 3.05) is 11.5 Å². The molecule has 1 N–H and O–H groups in total. The molecule has 0 bridgehead atoms. The second-order valence-corrected chi connectivity index (χ2v) is 4.97. The molecular formula is C13H22O3S. The molecule has 0 amide bonds. The van der Waals surface area contributed by atoms with Crippen LogP contribution in [0.15, 0.2) is 12.2 Å². The van der Waals surface area contributed by atoms with Crippen molar-refractivity contribution < 1.29 is 14.7 Å². The summed E-state index contributed by atoms with van der Waals surface area (Å²) in [6, 6.07) is 0. The summed E-state index contributed by atoms with van der Waals surface area (Å²) in [5.41, 5.74) is 0. The Morgan fingerprint density at radius 3 is 2.53 bits per heavy atom. The minimum atomic E-state index is -0.989. The lowest BCUT2D eigenvalue weighted by atomic mass is 9.99. The van der Waals surface area contributed by atoms with Crippen LogP contribution in [0.25, 0.3) is 0 Å². The second kappa shape index (κ2) is 10.4. The van der Waals surface area contributed by atoms with Gasteiger partial charge in [-0.15, -0.1) is 0 Å². The number of thioether (sulfide) groups is 1. The highest BCUT2D eigenvalue weighted by molar-refractivity contribution is 7.99. The van der Waals surface area contributed by atoms with E-state index in [0.717, 1.165) is 18.6 Å². The van der Waals surface area contributed by atoms with Gasteiger partial charge in [-0.1, -0.05) is 26.0 Å². The smallest absolute Gasteiger partial charge is 0.314 e. The maximum Gasteiger partial charge on any atom is 0.314 e. The predicted molar refractivity (Wildman–Crippen MR) is 72.4 cm³/mol. The Morgan fingerprint density at radius 1 is 1.29 bits per heavy atom. The summed E-state index contributed by atoms with van der Waals surface area (Å²) in [6.07, 6.45) is 6.97. The van der Waals surface area contributed by atoms with Crippen LogP contribution in [0.5, 0.6) is 0 Å². The van der Waals surface area contributed by atoms with Gasteiger partial charge in [-0.25, -0.2) is 0 Å². The highest BCUT2D eigenvalue weighted by Gasteiger charge is 2.24. The second-order valence-electron chi connectivity index (χ2n) is 3.87. The lowest BCUT2D eigenvalue weighted by Crippen LogP contribution is -2.25. The number of carbonyl (C=O) groups is 2. The molecule has 17 heavy (non-hydrogen) atoms. The van der Waals surface area contributed by atoms with E-state index in [1.54, 1.807) is 0 Å². The van der Waals surface area contributed by atoms with Gasteiger partial charge in [-0.3, -0.25) is 9.59 Å². The summed E-state index contributed by atoms with van der Waals surface area (Å²) >= 11 is 1.52. The van der Waals surface area contributed by atoms with Gasteiger partial charge in [0.2, 0.25) is 0 Å². The van der Waals surface area contributed by atoms with Gasteiger partial charge in [0.05, 0.1) is 5.75 Å². The Labute approximate surface area is 108 Å². The van der Waals surface area contributed by atoms with Crippen LogP contribution in [0.1, 0.15) is 39.5 Å². The van der Waals surface area contributed by atoms with E-state index in [-0.39, 0.29) is 5.78 Å². The molecule has 0 fully saturated rings. The van der Waals surface area contributed by atoms with Crippen LogP contribution >= 0.6 is 11.8 Å². The third-order valence-electron chi connectivity index (χ3n) is 2.30. The first-order valence-corrected chi connectivity index (χ1v) is 7.27. The van der Waals surface area contributed by atoms with Crippen LogP contribution in [0, 0.1) is 5.92 Å². The molecule has 0 aromatic rings. The standard InChI is InChI=1S/C13H22O3S/c1-3-5-6-7-8-11(13(15)16)12(14)10-17-9-4-2/h5-6,11H,3-4,7-10H2,1-2H3,(H,15,16). The number of hydrogen-bond acceptors (Lipinski definition) is 3. The Morgan fingerprint density at radius 2 is 2.00 bits per heavy atom. The topological polar surface area (TPSA) is 54.4 Å². The SMILES string of the molecule is CCC=CCCC(C(=O)O)C(=O)CSCCC. The Balaban J connectivity index is 4.08. The first kappa shape index (κ1) is 16.2. The van der Waals surface area contributed by atoms with E-state index in [4.69, 9.17) is 5.11 Å². The van der Waals surface area contributed by atoms with Crippen molar-refractivity contribution in [2.45, 2.75) is 39.5 Å². The van der Waals surface area contributed by atoms with Crippen molar-refractivity contribution in [3.8, 4) is 0 Å². The zero-order valence-corrected chi connectivity index (χ0v) is 11.5. The van der Waals surface area contributed by atoms with Crippen LogP contribution in [0.3, 0.4) is 0 Å². The van der Waals surface area contributed by atoms with Gasteiger partial charge in [0.15, 0.2) is 5.78 Å². The number of rotatable bonds is 10. The van der Waals surface area contributed by atoms with Gasteiger partial charge in [0.25, 0.3) is 0 Å². The van der Waals surface area contributed by atoms with Gasteiger partial charge in [-0.05, 0) is 31.4 Å². The molecule has 0 saturated heterocycles. The summed E-state index contributed by atoms with van der Waals surface area (Å²) in [4.78, 5) is 22.7. The fourth-order valence-electron chi connectivity index (χ4n) is 1.39. The molecule has 0 heterocycles. The summed E-state index contributed by atoms with van der Waals surface area (Å²) in [6.45, 7) is 4.07. The number of Topliss-reactive ketones (excluding diaryl/α,β-unsaturated/α-hetero) is 1. The number of carboxylic acid groups (broad SMARTS) is 1. The molecule has 0 aromatic carbocycles. The minimum absolute atomic E-state index is 0.152. The maximum absolute atomic E-state index is 11.7. The highest BCUT2D eigenvalue weighted by atomic mass is 32.2. The summed E-state index contributed by atoms with van der Waals surface area (Å²) in [5, 5.41) is 9.00. The molecule has 0 radical (unpaired) electrons. The van der Waals surface area contributed by atoms with Crippen molar-refractivity contribution in [2.24, 2.45) is 5.92 Å². The fraction of sp³-hybridized carbons (Fsp3) is 0.692. The van der Waals surface area contributed by atoms with E-state index in [1.807, 2.05) is 26.0 Å². The molecule has 0 aliphatic heterocycles. The molecule has 0 aliphatic rings. The van der Waals surface area contributed by atoms with E-state index < -0.39 is 11.9 Å². The molecule has 0 aliphatic carbocycles. The van der Waals surface area contributed by atoms with Crippen molar-refractivity contribution in [3.63, 3.8) is 0 Å². The van der Waals surface area contributed by atoms with E-state index in [0.29, 0.717) is 18.6 Å². The summed E-state index contributed by atoms with van der Waals surface area (Å²) < 4.78 is 0. The van der Waals surface area contributed by atoms with E-state index in [9.17, 15) is 9.59 Å². The number of hydrogen-bond donors (Lipinski definition) is 1. The number of ketones is 1. The van der Waals surface area contributed by atoms with Gasteiger partial charge in [0, 0.05) is 0 Å². The molecule has 1 atom stereocenters. The van der Waals surface area contributed by atoms with Crippen LogP contribution in [-0.4, -0.2) is 28.4 Å². The van der Waals surface area contributed by atoms with Crippen molar-refractivity contribution in [1.82, 2.24) is 0 Å². The quantitative estimate of drug-likeness (QED) is 0.371. The number of aliphatic carboxylic acids is 1. The Bertz CT molecular complexity index is 261.